The topological polar surface area (TPSA) is 47.3 Å². The molecule has 1 aromatic carbocycles. The van der Waals surface area contributed by atoms with E-state index in [9.17, 15) is 9.59 Å². The second-order valence-corrected chi connectivity index (χ2v) is 5.31. The summed E-state index contributed by atoms with van der Waals surface area (Å²) in [6.45, 7) is 1.55. The maximum atomic E-state index is 11.3. The third-order valence-electron chi connectivity index (χ3n) is 2.86. The smallest absolute Gasteiger partial charge is 0.336 e. The van der Waals surface area contributed by atoms with Crippen LogP contribution in [0.25, 0.3) is 21.4 Å². The zero-order valence-corrected chi connectivity index (χ0v) is 11.0. The van der Waals surface area contributed by atoms with Crippen molar-refractivity contribution in [1.29, 1.82) is 0 Å². The van der Waals surface area contributed by atoms with Crippen molar-refractivity contribution in [2.75, 3.05) is 0 Å². The summed E-state index contributed by atoms with van der Waals surface area (Å²) in [5.74, 6) is 0.0589. The van der Waals surface area contributed by atoms with Crippen LogP contribution in [0.4, 0.5) is 0 Å². The van der Waals surface area contributed by atoms with Gasteiger partial charge in [-0.15, -0.1) is 11.3 Å². The van der Waals surface area contributed by atoms with Gasteiger partial charge >= 0.3 is 5.63 Å². The van der Waals surface area contributed by atoms with Crippen LogP contribution in [-0.2, 0) is 0 Å². The van der Waals surface area contributed by atoms with E-state index in [1.807, 2.05) is 30.3 Å². The monoisotopic (exact) mass is 270 g/mol. The van der Waals surface area contributed by atoms with Gasteiger partial charge in [0, 0.05) is 16.3 Å². The predicted octanol–water partition coefficient (Wildman–Crippen LogP) is 3.72. The lowest BCUT2D eigenvalue weighted by molar-refractivity contribution is 0.102. The van der Waals surface area contributed by atoms with Crippen LogP contribution in [0.1, 0.15) is 16.6 Å². The van der Waals surface area contributed by atoms with Crippen molar-refractivity contribution in [2.45, 2.75) is 6.92 Å². The molecule has 0 radical (unpaired) electrons. The van der Waals surface area contributed by atoms with E-state index in [-0.39, 0.29) is 11.4 Å². The molecule has 3 rings (SSSR count). The summed E-state index contributed by atoms with van der Waals surface area (Å²) in [4.78, 5) is 24.2. The Labute approximate surface area is 113 Å². The summed E-state index contributed by atoms with van der Waals surface area (Å²) in [5, 5.41) is 0.881. The Balaban J connectivity index is 2.13. The van der Waals surface area contributed by atoms with Crippen LogP contribution in [0, 0.1) is 0 Å². The predicted molar refractivity (Wildman–Crippen MR) is 75.8 cm³/mol. The fraction of sp³-hybridized carbons (Fsp3) is 0.0667. The minimum absolute atomic E-state index is 0.0589. The Morgan fingerprint density at radius 3 is 2.63 bits per heavy atom. The Hall–Kier alpha value is -2.20. The van der Waals surface area contributed by atoms with Crippen molar-refractivity contribution in [3.05, 3.63) is 57.8 Å². The van der Waals surface area contributed by atoms with E-state index in [0.29, 0.717) is 5.58 Å². The zero-order valence-electron chi connectivity index (χ0n) is 10.2. The molecule has 0 saturated carbocycles. The molecule has 0 unspecified atom stereocenters. The van der Waals surface area contributed by atoms with Gasteiger partial charge in [0.05, 0.1) is 4.88 Å². The minimum atomic E-state index is -0.361. The molecule has 3 nitrogen and oxygen atoms in total. The number of Topliss-reactive ketones (excluding diaryl/α,β-unsaturated/α-hetero) is 1. The fourth-order valence-electron chi connectivity index (χ4n) is 1.90. The van der Waals surface area contributed by atoms with E-state index >= 15 is 0 Å². The number of ketones is 1. The van der Waals surface area contributed by atoms with Crippen molar-refractivity contribution in [3.63, 3.8) is 0 Å². The normalized spacial score (nSPS) is 10.8. The summed E-state index contributed by atoms with van der Waals surface area (Å²) in [6, 6.07) is 12.5. The first-order valence-corrected chi connectivity index (χ1v) is 6.60. The number of benzene rings is 1. The van der Waals surface area contributed by atoms with E-state index in [2.05, 4.69) is 0 Å². The van der Waals surface area contributed by atoms with Gasteiger partial charge in [-0.2, -0.15) is 0 Å². The van der Waals surface area contributed by atoms with E-state index in [1.54, 1.807) is 13.0 Å². The lowest BCUT2D eigenvalue weighted by Crippen LogP contribution is -1.94. The highest BCUT2D eigenvalue weighted by Gasteiger charge is 2.07. The molecule has 0 spiro atoms. The SMILES string of the molecule is CC(=O)c1ccc(-c2ccc3ccc(=O)oc3c2)s1. The molecule has 0 saturated heterocycles. The summed E-state index contributed by atoms with van der Waals surface area (Å²) >= 11 is 1.44. The molecule has 0 N–H and O–H groups in total. The molecule has 0 aliphatic carbocycles. The highest BCUT2D eigenvalue weighted by molar-refractivity contribution is 7.17. The number of fused-ring (bicyclic) bond motifs is 1. The molecular weight excluding hydrogens is 260 g/mol. The molecule has 94 valence electrons. The van der Waals surface area contributed by atoms with Gasteiger partial charge in [0.2, 0.25) is 0 Å². The van der Waals surface area contributed by atoms with Crippen LogP contribution in [0.2, 0.25) is 0 Å². The summed E-state index contributed by atoms with van der Waals surface area (Å²) in [5.41, 5.74) is 1.14. The molecule has 0 bridgehead atoms. The molecule has 0 amide bonds. The van der Waals surface area contributed by atoms with Gasteiger partial charge in [-0.25, -0.2) is 4.79 Å². The second-order valence-electron chi connectivity index (χ2n) is 4.23. The molecule has 4 heteroatoms. The van der Waals surface area contributed by atoms with E-state index in [0.717, 1.165) is 20.7 Å². The largest absolute Gasteiger partial charge is 0.423 e. The molecule has 0 atom stereocenters. The molecule has 2 heterocycles. The van der Waals surface area contributed by atoms with Crippen LogP contribution < -0.4 is 5.63 Å². The van der Waals surface area contributed by atoms with E-state index < -0.39 is 0 Å². The number of rotatable bonds is 2. The molecule has 19 heavy (non-hydrogen) atoms. The second kappa shape index (κ2) is 4.48. The van der Waals surface area contributed by atoms with Crippen molar-refractivity contribution < 1.29 is 9.21 Å². The first-order chi connectivity index (χ1) is 9.13. The van der Waals surface area contributed by atoms with E-state index in [1.165, 1.54) is 17.4 Å². The van der Waals surface area contributed by atoms with Gasteiger partial charge in [-0.05, 0) is 36.8 Å². The van der Waals surface area contributed by atoms with Crippen molar-refractivity contribution in [2.24, 2.45) is 0 Å². The molecule has 0 fully saturated rings. The van der Waals surface area contributed by atoms with Gasteiger partial charge in [0.15, 0.2) is 5.78 Å². The van der Waals surface area contributed by atoms with Crippen LogP contribution in [0.15, 0.2) is 51.7 Å². The van der Waals surface area contributed by atoms with Crippen LogP contribution in [-0.4, -0.2) is 5.78 Å². The highest BCUT2D eigenvalue weighted by atomic mass is 32.1. The summed E-state index contributed by atoms with van der Waals surface area (Å²) in [6.07, 6.45) is 0. The Bertz CT molecular complexity index is 827. The van der Waals surface area contributed by atoms with Crippen molar-refractivity contribution in [3.8, 4) is 10.4 Å². The standard InChI is InChI=1S/C15H10O3S/c1-9(16)13-5-6-14(19-13)11-3-2-10-4-7-15(17)18-12(10)8-11/h2-8H,1H3. The van der Waals surface area contributed by atoms with Gasteiger partial charge in [0.1, 0.15) is 5.58 Å². The molecule has 0 aliphatic heterocycles. The van der Waals surface area contributed by atoms with Crippen molar-refractivity contribution >= 4 is 28.1 Å². The Morgan fingerprint density at radius 1 is 1.11 bits per heavy atom. The third-order valence-corrected chi connectivity index (χ3v) is 4.10. The first-order valence-electron chi connectivity index (χ1n) is 5.78. The van der Waals surface area contributed by atoms with E-state index in [4.69, 9.17) is 4.42 Å². The van der Waals surface area contributed by atoms with Gasteiger partial charge in [0.25, 0.3) is 0 Å². The number of thiophene rings is 1. The maximum Gasteiger partial charge on any atom is 0.336 e. The van der Waals surface area contributed by atoms with Gasteiger partial charge in [-0.1, -0.05) is 12.1 Å². The lowest BCUT2D eigenvalue weighted by atomic mass is 10.1. The summed E-state index contributed by atoms with van der Waals surface area (Å²) < 4.78 is 5.16. The quantitative estimate of drug-likeness (QED) is 0.526. The van der Waals surface area contributed by atoms with Crippen LogP contribution in [0.3, 0.4) is 0 Å². The summed E-state index contributed by atoms with van der Waals surface area (Å²) in [7, 11) is 0. The maximum absolute atomic E-state index is 11.3. The number of carbonyl (C=O) groups is 1. The molecule has 0 aliphatic rings. The molecule has 3 aromatic rings. The minimum Gasteiger partial charge on any atom is -0.423 e. The zero-order chi connectivity index (χ0) is 13.4. The number of hydrogen-bond donors (Lipinski definition) is 0. The van der Waals surface area contributed by atoms with Crippen LogP contribution in [0.5, 0.6) is 0 Å². The van der Waals surface area contributed by atoms with Gasteiger partial charge < -0.3 is 4.42 Å². The number of carbonyl (C=O) groups excluding carboxylic acids is 1. The first kappa shape index (κ1) is 11.9. The Morgan fingerprint density at radius 2 is 1.89 bits per heavy atom. The fourth-order valence-corrected chi connectivity index (χ4v) is 2.79. The number of hydrogen-bond acceptors (Lipinski definition) is 4. The average Bonchev–Trinajstić information content (AvgIpc) is 2.87. The highest BCUT2D eigenvalue weighted by Crippen LogP contribution is 2.30. The molecule has 2 aromatic heterocycles. The Kier molecular flexibility index (Phi) is 2.80. The third kappa shape index (κ3) is 2.22. The van der Waals surface area contributed by atoms with Crippen LogP contribution >= 0.6 is 11.3 Å². The average molecular weight is 270 g/mol. The van der Waals surface area contributed by atoms with Crippen molar-refractivity contribution in [1.82, 2.24) is 0 Å². The molecular formula is C15H10O3S. The van der Waals surface area contributed by atoms with Gasteiger partial charge in [-0.3, -0.25) is 4.79 Å². The lowest BCUT2D eigenvalue weighted by Gasteiger charge is -1.99.